The molecule has 1 aromatic carbocycles. The summed E-state index contributed by atoms with van der Waals surface area (Å²) in [6.07, 6.45) is 3.06. The molecule has 0 spiro atoms. The maximum Gasteiger partial charge on any atom is 0.311 e. The van der Waals surface area contributed by atoms with Crippen molar-refractivity contribution in [3.05, 3.63) is 33.9 Å². The first kappa shape index (κ1) is 18.2. The minimum Gasteiger partial charge on any atom is -0.487 e. The molecule has 0 radical (unpaired) electrons. The molecule has 0 aliphatic carbocycles. The summed E-state index contributed by atoms with van der Waals surface area (Å²) in [6, 6.07) is 4.50. The Morgan fingerprint density at radius 2 is 2.08 bits per heavy atom. The lowest BCUT2D eigenvalue weighted by molar-refractivity contribution is -0.905. The molecule has 1 heterocycles. The van der Waals surface area contributed by atoms with Crippen LogP contribution in [0, 0.1) is 10.1 Å². The first-order valence-electron chi connectivity index (χ1n) is 8.60. The van der Waals surface area contributed by atoms with Crippen LogP contribution in [-0.4, -0.2) is 43.1 Å². The minimum absolute atomic E-state index is 0.142. The second kappa shape index (κ2) is 8.63. The van der Waals surface area contributed by atoms with Gasteiger partial charge in [0.25, 0.3) is 5.91 Å². The third-order valence-corrected chi connectivity index (χ3v) is 4.35. The van der Waals surface area contributed by atoms with Gasteiger partial charge in [-0.2, -0.15) is 0 Å². The highest BCUT2D eigenvalue weighted by Crippen LogP contribution is 2.28. The number of benzene rings is 1. The van der Waals surface area contributed by atoms with Crippen LogP contribution < -0.4 is 15.0 Å². The summed E-state index contributed by atoms with van der Waals surface area (Å²) in [5, 5.41) is 14.1. The van der Waals surface area contributed by atoms with Crippen LogP contribution in [-0.2, 0) is 0 Å². The fraction of sp³-hybridized carbons (Fsp3) is 0.588. The van der Waals surface area contributed by atoms with Gasteiger partial charge in [-0.3, -0.25) is 14.9 Å². The van der Waals surface area contributed by atoms with E-state index < -0.39 is 4.92 Å². The van der Waals surface area contributed by atoms with Crippen molar-refractivity contribution < 1.29 is 19.4 Å². The maximum absolute atomic E-state index is 12.4. The van der Waals surface area contributed by atoms with E-state index in [4.69, 9.17) is 4.74 Å². The van der Waals surface area contributed by atoms with Gasteiger partial charge in [0.1, 0.15) is 0 Å². The fourth-order valence-electron chi connectivity index (χ4n) is 3.12. The normalized spacial score (nSPS) is 20.4. The van der Waals surface area contributed by atoms with Crippen LogP contribution in [0.5, 0.6) is 5.75 Å². The van der Waals surface area contributed by atoms with E-state index in [1.807, 2.05) is 0 Å². The third kappa shape index (κ3) is 4.67. The first-order chi connectivity index (χ1) is 11.5. The van der Waals surface area contributed by atoms with Gasteiger partial charge in [0.2, 0.25) is 0 Å². The van der Waals surface area contributed by atoms with Gasteiger partial charge in [-0.05, 0) is 25.5 Å². The molecule has 1 aliphatic rings. The molecule has 0 bridgehead atoms. The summed E-state index contributed by atoms with van der Waals surface area (Å²) in [6.45, 7) is 7.57. The third-order valence-electron chi connectivity index (χ3n) is 4.35. The quantitative estimate of drug-likeness (QED) is 0.578. The van der Waals surface area contributed by atoms with Crippen LogP contribution in [0.15, 0.2) is 18.2 Å². The number of rotatable bonds is 7. The zero-order valence-electron chi connectivity index (χ0n) is 14.3. The second-order valence-electron chi connectivity index (χ2n) is 6.12. The predicted molar refractivity (Wildman–Crippen MR) is 90.6 cm³/mol. The lowest BCUT2D eigenvalue weighted by Gasteiger charge is -2.29. The summed E-state index contributed by atoms with van der Waals surface area (Å²) >= 11 is 0. The zero-order chi connectivity index (χ0) is 17.5. The smallest absolute Gasteiger partial charge is 0.311 e. The molecule has 7 nitrogen and oxygen atoms in total. The lowest BCUT2D eigenvalue weighted by atomic mass is 10.0. The maximum atomic E-state index is 12.4. The Bertz CT molecular complexity index is 583. The SMILES string of the molecule is CCC[NH+]1CCC(NC(=O)c2ccc(OCC)c([N+](=O)[O-])c2)CC1. The summed E-state index contributed by atoms with van der Waals surface area (Å²) < 4.78 is 5.24. The number of nitro groups is 1. The van der Waals surface area contributed by atoms with Crippen molar-refractivity contribution in [1.82, 2.24) is 5.32 Å². The van der Waals surface area contributed by atoms with E-state index in [1.165, 1.54) is 25.1 Å². The van der Waals surface area contributed by atoms with E-state index in [-0.39, 0.29) is 23.4 Å². The Labute approximate surface area is 142 Å². The topological polar surface area (TPSA) is 85.9 Å². The van der Waals surface area contributed by atoms with Crippen LogP contribution in [0.4, 0.5) is 5.69 Å². The van der Waals surface area contributed by atoms with Crippen molar-refractivity contribution in [3.8, 4) is 5.75 Å². The summed E-state index contributed by atoms with van der Waals surface area (Å²) in [4.78, 5) is 24.6. The molecular weight excluding hydrogens is 310 g/mol. The van der Waals surface area contributed by atoms with Crippen molar-refractivity contribution in [2.75, 3.05) is 26.2 Å². The number of likely N-dealkylation sites (tertiary alicyclic amines) is 1. The molecule has 132 valence electrons. The monoisotopic (exact) mass is 336 g/mol. The number of amides is 1. The van der Waals surface area contributed by atoms with Gasteiger partial charge in [0.15, 0.2) is 5.75 Å². The molecule has 1 amide bonds. The van der Waals surface area contributed by atoms with Crippen molar-refractivity contribution in [3.63, 3.8) is 0 Å². The molecule has 1 aliphatic heterocycles. The van der Waals surface area contributed by atoms with E-state index in [2.05, 4.69) is 12.2 Å². The van der Waals surface area contributed by atoms with Crippen molar-refractivity contribution in [2.45, 2.75) is 39.2 Å². The number of quaternary nitrogens is 1. The van der Waals surface area contributed by atoms with E-state index in [9.17, 15) is 14.9 Å². The molecule has 2 rings (SSSR count). The first-order valence-corrected chi connectivity index (χ1v) is 8.60. The van der Waals surface area contributed by atoms with Crippen molar-refractivity contribution in [2.24, 2.45) is 0 Å². The van der Waals surface area contributed by atoms with Gasteiger partial charge in [-0.1, -0.05) is 6.92 Å². The summed E-state index contributed by atoms with van der Waals surface area (Å²) in [5.74, 6) is -0.0689. The Balaban J connectivity index is 2.00. The van der Waals surface area contributed by atoms with E-state index >= 15 is 0 Å². The van der Waals surface area contributed by atoms with E-state index in [0.717, 1.165) is 25.9 Å². The number of carbonyl (C=O) groups is 1. The van der Waals surface area contributed by atoms with Crippen LogP contribution in [0.1, 0.15) is 43.5 Å². The predicted octanol–water partition coefficient (Wildman–Crippen LogP) is 1.18. The van der Waals surface area contributed by atoms with Crippen LogP contribution >= 0.6 is 0 Å². The summed E-state index contributed by atoms with van der Waals surface area (Å²) in [5.41, 5.74) is 0.125. The molecule has 1 saturated heterocycles. The van der Waals surface area contributed by atoms with Gasteiger partial charge in [0.05, 0.1) is 31.2 Å². The minimum atomic E-state index is -0.519. The lowest BCUT2D eigenvalue weighted by Crippen LogP contribution is -3.13. The van der Waals surface area contributed by atoms with Gasteiger partial charge in [-0.15, -0.1) is 0 Å². The largest absolute Gasteiger partial charge is 0.487 e. The molecule has 0 saturated carbocycles. The van der Waals surface area contributed by atoms with Crippen LogP contribution in [0.3, 0.4) is 0 Å². The Morgan fingerprint density at radius 3 is 2.67 bits per heavy atom. The number of ether oxygens (including phenoxy) is 1. The highest BCUT2D eigenvalue weighted by Gasteiger charge is 2.24. The van der Waals surface area contributed by atoms with Gasteiger partial charge < -0.3 is 15.0 Å². The molecule has 1 fully saturated rings. The average molecular weight is 336 g/mol. The number of hydrogen-bond donors (Lipinski definition) is 2. The molecule has 0 aromatic heterocycles. The standard InChI is InChI=1S/C17H25N3O4/c1-3-9-19-10-7-14(8-11-19)18-17(21)13-5-6-16(24-4-2)15(12-13)20(22)23/h5-6,12,14H,3-4,7-11H2,1-2H3,(H,18,21)/p+1. The number of piperidine rings is 1. The molecule has 7 heteroatoms. The highest BCUT2D eigenvalue weighted by molar-refractivity contribution is 5.95. The molecule has 0 unspecified atom stereocenters. The zero-order valence-corrected chi connectivity index (χ0v) is 14.3. The van der Waals surface area contributed by atoms with Gasteiger partial charge >= 0.3 is 5.69 Å². The molecule has 24 heavy (non-hydrogen) atoms. The van der Waals surface area contributed by atoms with Crippen molar-refractivity contribution >= 4 is 11.6 Å². The van der Waals surface area contributed by atoms with Gasteiger partial charge in [-0.25, -0.2) is 0 Å². The second-order valence-corrected chi connectivity index (χ2v) is 6.12. The fourth-order valence-corrected chi connectivity index (χ4v) is 3.12. The Morgan fingerprint density at radius 1 is 1.38 bits per heavy atom. The van der Waals surface area contributed by atoms with E-state index in [0.29, 0.717) is 12.2 Å². The number of nitrogens with zero attached hydrogens (tertiary/aromatic N) is 1. The van der Waals surface area contributed by atoms with Crippen molar-refractivity contribution in [1.29, 1.82) is 0 Å². The molecule has 1 aromatic rings. The molecule has 0 atom stereocenters. The molecular formula is C17H26N3O4+. The number of nitrogens with one attached hydrogen (secondary N) is 2. The number of carbonyl (C=O) groups excluding carboxylic acids is 1. The van der Waals surface area contributed by atoms with E-state index in [1.54, 1.807) is 17.9 Å². The summed E-state index contributed by atoms with van der Waals surface area (Å²) in [7, 11) is 0. The van der Waals surface area contributed by atoms with Crippen LogP contribution in [0.25, 0.3) is 0 Å². The average Bonchev–Trinajstić information content (AvgIpc) is 2.57. The Hall–Kier alpha value is -2.15. The number of hydrogen-bond acceptors (Lipinski definition) is 4. The highest BCUT2D eigenvalue weighted by atomic mass is 16.6. The number of nitro benzene ring substituents is 1. The van der Waals surface area contributed by atoms with Gasteiger partial charge in [0, 0.05) is 30.5 Å². The van der Waals surface area contributed by atoms with Crippen LogP contribution in [0.2, 0.25) is 0 Å². The molecule has 2 N–H and O–H groups in total. The Kier molecular flexibility index (Phi) is 6.54.